The van der Waals surface area contributed by atoms with E-state index in [0.717, 1.165) is 21.6 Å². The van der Waals surface area contributed by atoms with Gasteiger partial charge in [-0.2, -0.15) is 0 Å². The molecule has 1 aromatic heterocycles. The number of hydrogen-bond acceptors (Lipinski definition) is 5. The lowest BCUT2D eigenvalue weighted by molar-refractivity contribution is 1.07. The van der Waals surface area contributed by atoms with E-state index in [4.69, 9.17) is 17.3 Å². The van der Waals surface area contributed by atoms with Crippen molar-refractivity contribution in [2.24, 2.45) is 5.73 Å². The topological polar surface area (TPSA) is 55.1 Å². The Morgan fingerprint density at radius 1 is 1.25 bits per heavy atom. The van der Waals surface area contributed by atoms with E-state index in [-0.39, 0.29) is 9.77 Å². The maximum atomic E-state index is 11.2. The summed E-state index contributed by atoms with van der Waals surface area (Å²) in [5.41, 5.74) is 7.46. The number of nitrogens with one attached hydrogen (secondary N) is 1. The first-order chi connectivity index (χ1) is 7.70. The van der Waals surface area contributed by atoms with Gasteiger partial charge in [0.15, 0.2) is 0 Å². The van der Waals surface area contributed by atoms with Gasteiger partial charge in [0.05, 0.1) is 0 Å². The van der Waals surface area contributed by atoms with Crippen molar-refractivity contribution in [3.05, 3.63) is 44.4 Å². The van der Waals surface area contributed by atoms with Crippen molar-refractivity contribution in [3.63, 3.8) is 0 Å². The second-order valence-electron chi connectivity index (χ2n) is 3.12. The molecule has 6 heteroatoms. The molecule has 1 heterocycles. The van der Waals surface area contributed by atoms with Gasteiger partial charge in [0.2, 0.25) is 0 Å². The fraction of sp³-hybridized carbons (Fsp3) is 0.100. The third kappa shape index (κ3) is 2.44. The predicted molar refractivity (Wildman–Crippen MR) is 71.1 cm³/mol. The Morgan fingerprint density at radius 3 is 2.44 bits per heavy atom. The van der Waals surface area contributed by atoms with Crippen molar-refractivity contribution in [3.8, 4) is 0 Å². The number of anilines is 2. The normalized spacial score (nSPS) is 10.4. The van der Waals surface area contributed by atoms with Crippen LogP contribution in [0.15, 0.2) is 29.1 Å². The average Bonchev–Trinajstić information content (AvgIpc) is 2.62. The molecular weight excluding hydrogens is 264 g/mol. The Hall–Kier alpha value is -0.880. The van der Waals surface area contributed by atoms with Gasteiger partial charge in [0, 0.05) is 12.2 Å². The molecule has 84 valence electrons. The first kappa shape index (κ1) is 11.6. The lowest BCUT2D eigenvalue weighted by atomic mass is 10.2. The molecule has 3 N–H and O–H groups in total. The zero-order valence-electron chi connectivity index (χ0n) is 8.20. The summed E-state index contributed by atoms with van der Waals surface area (Å²) in [5, 5.41) is 4.05. The molecule has 0 saturated carbocycles. The number of hydrogen-bond donors (Lipinski definition) is 2. The van der Waals surface area contributed by atoms with Gasteiger partial charge in [0.1, 0.15) is 10.0 Å². The standard InChI is InChI=1S/C10H9ClN2OS2/c11-8-9(15-16-10(8)14)13-7-3-1-6(5-12)2-4-7/h1-4,13H,5,12H2. The maximum absolute atomic E-state index is 11.2. The van der Waals surface area contributed by atoms with E-state index in [1.807, 2.05) is 24.3 Å². The molecule has 3 nitrogen and oxygen atoms in total. The highest BCUT2D eigenvalue weighted by atomic mass is 35.5. The summed E-state index contributed by atoms with van der Waals surface area (Å²) in [7, 11) is 2.47. The monoisotopic (exact) mass is 272 g/mol. The van der Waals surface area contributed by atoms with E-state index in [9.17, 15) is 4.79 Å². The first-order valence-electron chi connectivity index (χ1n) is 4.55. The first-order valence-corrected chi connectivity index (χ1v) is 7.08. The minimum Gasteiger partial charge on any atom is -0.345 e. The van der Waals surface area contributed by atoms with E-state index < -0.39 is 0 Å². The van der Waals surface area contributed by atoms with Gasteiger partial charge in [-0.05, 0) is 28.0 Å². The largest absolute Gasteiger partial charge is 0.345 e. The molecule has 1 aromatic carbocycles. The van der Waals surface area contributed by atoms with Crippen molar-refractivity contribution < 1.29 is 0 Å². The van der Waals surface area contributed by atoms with Crippen LogP contribution < -0.4 is 15.8 Å². The molecule has 0 aliphatic heterocycles. The van der Waals surface area contributed by atoms with Crippen molar-refractivity contribution in [1.82, 2.24) is 0 Å². The molecule has 2 aromatic rings. The molecule has 0 saturated heterocycles. The summed E-state index contributed by atoms with van der Waals surface area (Å²) >= 11 is 5.84. The van der Waals surface area contributed by atoms with Crippen LogP contribution in [0.4, 0.5) is 10.7 Å². The lowest BCUT2D eigenvalue weighted by Gasteiger charge is -2.04. The summed E-state index contributed by atoms with van der Waals surface area (Å²) in [6.07, 6.45) is 0. The highest BCUT2D eigenvalue weighted by Gasteiger charge is 2.07. The Morgan fingerprint density at radius 2 is 1.94 bits per heavy atom. The van der Waals surface area contributed by atoms with Crippen LogP contribution in [0.5, 0.6) is 0 Å². The second kappa shape index (κ2) is 4.97. The molecule has 0 aliphatic rings. The zero-order chi connectivity index (χ0) is 11.5. The van der Waals surface area contributed by atoms with Crippen LogP contribution in [0.2, 0.25) is 5.02 Å². The summed E-state index contributed by atoms with van der Waals surface area (Å²) in [6.45, 7) is 0.521. The van der Waals surface area contributed by atoms with Crippen molar-refractivity contribution >= 4 is 43.0 Å². The third-order valence-electron chi connectivity index (χ3n) is 2.03. The van der Waals surface area contributed by atoms with E-state index in [1.165, 1.54) is 10.3 Å². The molecule has 2 rings (SSSR count). The van der Waals surface area contributed by atoms with Crippen molar-refractivity contribution in [2.45, 2.75) is 6.54 Å². The highest BCUT2D eigenvalue weighted by molar-refractivity contribution is 7.70. The Labute approximate surface area is 105 Å². The lowest BCUT2D eigenvalue weighted by Crippen LogP contribution is -1.96. The second-order valence-corrected chi connectivity index (χ2v) is 5.61. The quantitative estimate of drug-likeness (QED) is 0.845. The van der Waals surface area contributed by atoms with Crippen LogP contribution in [0.25, 0.3) is 0 Å². The third-order valence-corrected chi connectivity index (χ3v) is 4.73. The van der Waals surface area contributed by atoms with E-state index in [0.29, 0.717) is 11.5 Å². The number of benzene rings is 1. The number of nitrogens with two attached hydrogens (primary N) is 1. The summed E-state index contributed by atoms with van der Waals surface area (Å²) in [6, 6.07) is 7.69. The van der Waals surface area contributed by atoms with Gasteiger partial charge < -0.3 is 11.1 Å². The van der Waals surface area contributed by atoms with Crippen LogP contribution in [0, 0.1) is 0 Å². The highest BCUT2D eigenvalue weighted by Crippen LogP contribution is 2.30. The molecule has 0 radical (unpaired) electrons. The van der Waals surface area contributed by atoms with Crippen molar-refractivity contribution in [2.75, 3.05) is 5.32 Å². The smallest absolute Gasteiger partial charge is 0.263 e. The van der Waals surface area contributed by atoms with Gasteiger partial charge in [-0.25, -0.2) is 0 Å². The average molecular weight is 273 g/mol. The molecule has 0 atom stereocenters. The number of halogens is 1. The minimum absolute atomic E-state index is 0.104. The number of rotatable bonds is 3. The summed E-state index contributed by atoms with van der Waals surface area (Å²) < 4.78 is -0.104. The molecular formula is C10H9ClN2OS2. The van der Waals surface area contributed by atoms with Gasteiger partial charge in [-0.1, -0.05) is 34.1 Å². The Balaban J connectivity index is 2.20. The molecule has 0 amide bonds. The fourth-order valence-corrected chi connectivity index (χ4v) is 3.56. The summed E-state index contributed by atoms with van der Waals surface area (Å²) in [4.78, 5) is 11.2. The van der Waals surface area contributed by atoms with Crippen LogP contribution in [0.1, 0.15) is 5.56 Å². The van der Waals surface area contributed by atoms with Crippen LogP contribution >= 0.6 is 32.3 Å². The van der Waals surface area contributed by atoms with Crippen LogP contribution in [-0.4, -0.2) is 0 Å². The maximum Gasteiger partial charge on any atom is 0.263 e. The summed E-state index contributed by atoms with van der Waals surface area (Å²) in [5.74, 6) is 0. The SMILES string of the molecule is NCc1ccc(Nc2ssc(=O)c2Cl)cc1. The molecule has 0 spiro atoms. The molecule has 0 unspecified atom stereocenters. The molecule has 16 heavy (non-hydrogen) atoms. The zero-order valence-corrected chi connectivity index (χ0v) is 10.6. The minimum atomic E-state index is -0.104. The van der Waals surface area contributed by atoms with Gasteiger partial charge >= 0.3 is 0 Å². The van der Waals surface area contributed by atoms with E-state index in [1.54, 1.807) is 0 Å². The van der Waals surface area contributed by atoms with Crippen LogP contribution in [0.3, 0.4) is 0 Å². The Bertz CT molecular complexity index is 532. The Kier molecular flexibility index (Phi) is 3.60. The van der Waals surface area contributed by atoms with E-state index >= 15 is 0 Å². The van der Waals surface area contributed by atoms with Gasteiger partial charge in [0.25, 0.3) is 4.74 Å². The molecule has 0 fully saturated rings. The van der Waals surface area contributed by atoms with Gasteiger partial charge in [-0.15, -0.1) is 0 Å². The predicted octanol–water partition coefficient (Wildman–Crippen LogP) is 3.03. The fourth-order valence-electron chi connectivity index (χ4n) is 1.18. The molecule has 0 aliphatic carbocycles. The van der Waals surface area contributed by atoms with Crippen LogP contribution in [-0.2, 0) is 6.54 Å². The van der Waals surface area contributed by atoms with Gasteiger partial charge in [-0.3, -0.25) is 4.79 Å². The molecule has 0 bridgehead atoms. The van der Waals surface area contributed by atoms with Crippen molar-refractivity contribution in [1.29, 1.82) is 0 Å². The van der Waals surface area contributed by atoms with E-state index in [2.05, 4.69) is 5.32 Å².